The molecule has 5 rings (SSSR count). The number of hydrogen-bond donors (Lipinski definition) is 3. The Morgan fingerprint density at radius 3 is 2.78 bits per heavy atom. The average Bonchev–Trinajstić information content (AvgIpc) is 2.81. The molecule has 3 aromatic rings. The zero-order valence-corrected chi connectivity index (χ0v) is 20.0. The van der Waals surface area contributed by atoms with Gasteiger partial charge in [0.05, 0.1) is 5.69 Å². The predicted molar refractivity (Wildman–Crippen MR) is 131 cm³/mol. The van der Waals surface area contributed by atoms with Crippen LogP contribution in [-0.2, 0) is 9.47 Å². The summed E-state index contributed by atoms with van der Waals surface area (Å²) in [7, 11) is 1.88. The Labute approximate surface area is 205 Å². The molecule has 2 aromatic heterocycles. The average molecular weight is 496 g/mol. The molecule has 4 N–H and O–H groups in total. The molecule has 1 fully saturated rings. The van der Waals surface area contributed by atoms with Gasteiger partial charge in [0.25, 0.3) is 0 Å². The zero-order valence-electron chi connectivity index (χ0n) is 20.0. The highest BCUT2D eigenvalue weighted by Crippen LogP contribution is 2.39. The smallest absolute Gasteiger partial charge is 0.474 e. The van der Waals surface area contributed by atoms with Crippen LogP contribution in [0, 0.1) is 12.7 Å². The highest BCUT2D eigenvalue weighted by molar-refractivity contribution is 6.00. The topological polar surface area (TPSA) is 141 Å². The van der Waals surface area contributed by atoms with Gasteiger partial charge in [0.15, 0.2) is 5.82 Å². The van der Waals surface area contributed by atoms with Crippen LogP contribution in [0.4, 0.5) is 31.2 Å². The van der Waals surface area contributed by atoms with Gasteiger partial charge in [-0.25, -0.2) is 23.9 Å². The summed E-state index contributed by atoms with van der Waals surface area (Å²) in [5.41, 5.74) is 7.55. The number of ether oxygens (including phenoxy) is 3. The van der Waals surface area contributed by atoms with Crippen molar-refractivity contribution in [2.24, 2.45) is 0 Å². The molecule has 0 unspecified atom stereocenters. The molecule has 36 heavy (non-hydrogen) atoms. The summed E-state index contributed by atoms with van der Waals surface area (Å²) in [6.07, 6.45) is 0.711. The van der Waals surface area contributed by atoms with Crippen molar-refractivity contribution in [1.29, 1.82) is 0 Å². The maximum Gasteiger partial charge on any atom is 0.518 e. The van der Waals surface area contributed by atoms with Crippen LogP contribution in [0.3, 0.4) is 0 Å². The molecule has 1 amide bonds. The van der Waals surface area contributed by atoms with Gasteiger partial charge in [-0.3, -0.25) is 10.2 Å². The van der Waals surface area contributed by atoms with Crippen LogP contribution < -0.4 is 21.1 Å². The summed E-state index contributed by atoms with van der Waals surface area (Å²) < 4.78 is 30.8. The molecular formula is C24H25FN6O5. The van der Waals surface area contributed by atoms with Gasteiger partial charge < -0.3 is 25.3 Å². The first kappa shape index (κ1) is 23.5. The van der Waals surface area contributed by atoms with Gasteiger partial charge in [-0.15, -0.1) is 0 Å². The number of likely N-dealkylation sites (tertiary alicyclic amines) is 1. The quantitative estimate of drug-likeness (QED) is 0.280. The summed E-state index contributed by atoms with van der Waals surface area (Å²) in [6, 6.07) is 3.10. The molecule has 11 nitrogen and oxygen atoms in total. The number of likely N-dealkylation sites (N-methyl/N-ethyl adjacent to an activating group) is 1. The minimum absolute atomic E-state index is 0.0854. The van der Waals surface area contributed by atoms with Crippen LogP contribution in [0.15, 0.2) is 24.5 Å². The normalized spacial score (nSPS) is 16.2. The van der Waals surface area contributed by atoms with E-state index in [1.807, 2.05) is 18.9 Å². The Hall–Kier alpha value is -4.19. The number of nitrogens with two attached hydrogens (primary N) is 1. The molecular weight excluding hydrogens is 471 g/mol. The number of carbonyl (C=O) groups excluding carboxylic acids is 2. The monoisotopic (exact) mass is 496 g/mol. The molecule has 12 heteroatoms. The first-order valence-electron chi connectivity index (χ1n) is 11.3. The molecule has 1 saturated heterocycles. The van der Waals surface area contributed by atoms with E-state index < -0.39 is 23.7 Å². The van der Waals surface area contributed by atoms with Crippen LogP contribution in [0.25, 0.3) is 21.9 Å². The van der Waals surface area contributed by atoms with E-state index in [1.165, 1.54) is 18.5 Å². The highest BCUT2D eigenvalue weighted by atomic mass is 19.1. The van der Waals surface area contributed by atoms with Crippen molar-refractivity contribution < 1.29 is 28.2 Å². The minimum atomic E-state index is -1.11. The molecule has 1 aromatic carbocycles. The Balaban J connectivity index is 1.39. The fraction of sp³-hybridized carbons (Fsp3) is 0.333. The Morgan fingerprint density at radius 1 is 1.25 bits per heavy atom. The van der Waals surface area contributed by atoms with Crippen molar-refractivity contribution in [2.75, 3.05) is 49.7 Å². The highest BCUT2D eigenvalue weighted by Gasteiger charge is 2.41. The van der Waals surface area contributed by atoms with E-state index in [0.29, 0.717) is 54.1 Å². The van der Waals surface area contributed by atoms with E-state index in [0.717, 1.165) is 5.56 Å². The fourth-order valence-electron chi connectivity index (χ4n) is 4.64. The molecule has 0 bridgehead atoms. The number of hydrogen-bond acceptors (Lipinski definition) is 10. The largest absolute Gasteiger partial charge is 0.518 e. The van der Waals surface area contributed by atoms with Crippen molar-refractivity contribution in [3.63, 3.8) is 0 Å². The van der Waals surface area contributed by atoms with Crippen LogP contribution in [0.5, 0.6) is 5.88 Å². The molecule has 0 saturated carbocycles. The van der Waals surface area contributed by atoms with Crippen molar-refractivity contribution in [3.05, 3.63) is 35.9 Å². The van der Waals surface area contributed by atoms with E-state index >= 15 is 4.39 Å². The van der Waals surface area contributed by atoms with Crippen molar-refractivity contribution in [2.45, 2.75) is 19.4 Å². The van der Waals surface area contributed by atoms with Gasteiger partial charge in [-0.1, -0.05) is 0 Å². The number of amides is 1. The van der Waals surface area contributed by atoms with Crippen molar-refractivity contribution >= 4 is 40.2 Å². The number of benzene rings is 1. The molecule has 0 atom stereocenters. The number of nitrogens with zero attached hydrogens (tertiary/aromatic N) is 3. The number of halogens is 1. The Morgan fingerprint density at radius 2 is 2.03 bits per heavy atom. The summed E-state index contributed by atoms with van der Waals surface area (Å²) in [4.78, 5) is 34.5. The lowest BCUT2D eigenvalue weighted by Crippen LogP contribution is -2.60. The van der Waals surface area contributed by atoms with Crippen LogP contribution in [0.2, 0.25) is 0 Å². The number of aromatic nitrogens is 2. The number of anilines is 3. The van der Waals surface area contributed by atoms with E-state index in [9.17, 15) is 9.59 Å². The minimum Gasteiger partial charge on any atom is -0.474 e. The maximum absolute atomic E-state index is 15.3. The van der Waals surface area contributed by atoms with Gasteiger partial charge in [0.1, 0.15) is 23.7 Å². The standard InChI is InChI=1S/C24H25FN6O5/c1-12-15(8-29-21-20(12)27-4-5-34-21)14-6-13-7-17(28-9-16(13)19(26)18(14)25)30-22(32)35-23(33)36-24(2)10-31(3)11-24/h6-9,27H,4-5,10-11,26H2,1-3H3,(H,28,30,32). The molecule has 0 spiro atoms. The maximum atomic E-state index is 15.3. The van der Waals surface area contributed by atoms with E-state index in [4.69, 9.17) is 19.9 Å². The first-order valence-corrected chi connectivity index (χ1v) is 11.3. The summed E-state index contributed by atoms with van der Waals surface area (Å²) in [6.45, 7) is 5.78. The Kier molecular flexibility index (Phi) is 5.75. The van der Waals surface area contributed by atoms with E-state index in [2.05, 4.69) is 20.6 Å². The van der Waals surface area contributed by atoms with Gasteiger partial charge in [0, 0.05) is 48.5 Å². The van der Waals surface area contributed by atoms with E-state index in [1.54, 1.807) is 13.0 Å². The number of nitrogen functional groups attached to an aromatic ring is 1. The summed E-state index contributed by atoms with van der Waals surface area (Å²) in [5, 5.41) is 6.49. The number of carbonyl (C=O) groups is 2. The summed E-state index contributed by atoms with van der Waals surface area (Å²) in [5.74, 6) is -0.0613. The molecule has 0 radical (unpaired) electrons. The second-order valence-corrected chi connectivity index (χ2v) is 9.18. The zero-order chi connectivity index (χ0) is 25.6. The molecule has 2 aliphatic rings. The lowest BCUT2D eigenvalue weighted by molar-refractivity contribution is -0.0945. The molecule has 188 valence electrons. The van der Waals surface area contributed by atoms with Crippen molar-refractivity contribution in [3.8, 4) is 17.0 Å². The lowest BCUT2D eigenvalue weighted by Gasteiger charge is -2.44. The number of fused-ring (bicyclic) bond motifs is 2. The summed E-state index contributed by atoms with van der Waals surface area (Å²) >= 11 is 0. The predicted octanol–water partition coefficient (Wildman–Crippen LogP) is 3.52. The fourth-order valence-corrected chi connectivity index (χ4v) is 4.64. The van der Waals surface area contributed by atoms with Gasteiger partial charge in [-0.05, 0) is 44.0 Å². The second kappa shape index (κ2) is 8.79. The number of nitrogens with one attached hydrogen (secondary N) is 2. The van der Waals surface area contributed by atoms with Gasteiger partial charge in [-0.2, -0.15) is 0 Å². The third kappa shape index (κ3) is 4.31. The van der Waals surface area contributed by atoms with Crippen molar-refractivity contribution in [1.82, 2.24) is 14.9 Å². The molecule has 2 aliphatic heterocycles. The first-order chi connectivity index (χ1) is 17.1. The third-order valence-electron chi connectivity index (χ3n) is 6.18. The van der Waals surface area contributed by atoms with Crippen LogP contribution >= 0.6 is 0 Å². The van der Waals surface area contributed by atoms with Gasteiger partial charge in [0.2, 0.25) is 5.88 Å². The molecule has 4 heterocycles. The van der Waals surface area contributed by atoms with Gasteiger partial charge >= 0.3 is 12.2 Å². The lowest BCUT2D eigenvalue weighted by atomic mass is 9.97. The Bertz CT molecular complexity index is 1390. The molecule has 0 aliphatic carbocycles. The number of rotatable bonds is 3. The third-order valence-corrected chi connectivity index (χ3v) is 6.18. The van der Waals surface area contributed by atoms with E-state index in [-0.39, 0.29) is 17.1 Å². The van der Waals surface area contributed by atoms with Crippen LogP contribution in [-0.4, -0.2) is 66.0 Å². The second-order valence-electron chi connectivity index (χ2n) is 9.18. The van der Waals surface area contributed by atoms with Crippen LogP contribution in [0.1, 0.15) is 12.5 Å². The SMILES string of the molecule is Cc1c(-c2cc3cc(NC(=O)OC(=O)OC4(C)CN(C)C4)ncc3c(N)c2F)cnc2c1NCCO2. The number of pyridine rings is 2.